The number of rotatable bonds is 5. The second kappa shape index (κ2) is 7.47. The van der Waals surface area contributed by atoms with E-state index in [0.29, 0.717) is 11.3 Å². The van der Waals surface area contributed by atoms with E-state index >= 15 is 0 Å². The van der Waals surface area contributed by atoms with E-state index in [-0.39, 0.29) is 16.9 Å². The van der Waals surface area contributed by atoms with Gasteiger partial charge in [-0.1, -0.05) is 17.7 Å². The Labute approximate surface area is 141 Å². The predicted octanol–water partition coefficient (Wildman–Crippen LogP) is 4.63. The fourth-order valence-corrected chi connectivity index (χ4v) is 3.15. The van der Waals surface area contributed by atoms with Crippen LogP contribution in [0.25, 0.3) is 0 Å². The molecule has 0 spiro atoms. The number of ketones is 1. The maximum Gasteiger partial charge on any atom is 0.237 e. The van der Waals surface area contributed by atoms with Gasteiger partial charge in [0, 0.05) is 16.1 Å². The average molecular weight is 327 g/mol. The van der Waals surface area contributed by atoms with Gasteiger partial charge >= 0.3 is 0 Å². The van der Waals surface area contributed by atoms with Crippen molar-refractivity contribution < 1.29 is 9.59 Å². The number of amides is 1. The molecule has 0 heterocycles. The molecule has 23 heavy (non-hydrogen) atoms. The summed E-state index contributed by atoms with van der Waals surface area (Å²) in [5, 5.41) is 2.68. The maximum absolute atomic E-state index is 12.3. The molecule has 4 heteroatoms. The lowest BCUT2D eigenvalue weighted by molar-refractivity contribution is -0.115. The minimum atomic E-state index is -0.205. The second-order valence-electron chi connectivity index (χ2n) is 5.65. The van der Waals surface area contributed by atoms with Crippen LogP contribution in [0.5, 0.6) is 0 Å². The lowest BCUT2D eigenvalue weighted by atomic mass is 10.1. The van der Waals surface area contributed by atoms with Gasteiger partial charge in [0.1, 0.15) is 0 Å². The van der Waals surface area contributed by atoms with Crippen molar-refractivity contribution in [1.82, 2.24) is 0 Å². The molecule has 0 saturated heterocycles. The van der Waals surface area contributed by atoms with Crippen LogP contribution < -0.4 is 5.32 Å². The monoisotopic (exact) mass is 327 g/mol. The van der Waals surface area contributed by atoms with Crippen molar-refractivity contribution in [1.29, 1.82) is 0 Å². The molecule has 0 aliphatic heterocycles. The molecule has 1 atom stereocenters. The van der Waals surface area contributed by atoms with Crippen molar-refractivity contribution in [2.75, 3.05) is 5.32 Å². The normalized spacial score (nSPS) is 11.8. The van der Waals surface area contributed by atoms with Gasteiger partial charge in [-0.15, -0.1) is 11.8 Å². The Morgan fingerprint density at radius 1 is 1.04 bits per heavy atom. The molecule has 0 aromatic heterocycles. The number of hydrogen-bond acceptors (Lipinski definition) is 3. The average Bonchev–Trinajstić information content (AvgIpc) is 2.50. The summed E-state index contributed by atoms with van der Waals surface area (Å²) in [6.07, 6.45) is 0. The third kappa shape index (κ3) is 4.70. The molecule has 1 amide bonds. The molecule has 0 bridgehead atoms. The van der Waals surface area contributed by atoms with Crippen LogP contribution in [0, 0.1) is 13.8 Å². The van der Waals surface area contributed by atoms with Crippen molar-refractivity contribution in [2.45, 2.75) is 37.8 Å². The van der Waals surface area contributed by atoms with Gasteiger partial charge in [0.15, 0.2) is 5.78 Å². The number of carbonyl (C=O) groups is 2. The van der Waals surface area contributed by atoms with E-state index in [1.54, 1.807) is 36.0 Å². The topological polar surface area (TPSA) is 46.2 Å². The van der Waals surface area contributed by atoms with Gasteiger partial charge in [-0.3, -0.25) is 9.59 Å². The zero-order valence-corrected chi connectivity index (χ0v) is 14.7. The van der Waals surface area contributed by atoms with Crippen LogP contribution in [0.2, 0.25) is 0 Å². The van der Waals surface area contributed by atoms with E-state index in [0.717, 1.165) is 4.90 Å². The second-order valence-corrected chi connectivity index (χ2v) is 7.03. The lowest BCUT2D eigenvalue weighted by Gasteiger charge is -2.14. The SMILES string of the molecule is CC(=O)c1ccc(NC(=O)C(C)Sc2ccc(C)cc2C)cc1. The summed E-state index contributed by atoms with van der Waals surface area (Å²) in [5.74, 6) is -0.0350. The Morgan fingerprint density at radius 2 is 1.70 bits per heavy atom. The van der Waals surface area contributed by atoms with Gasteiger partial charge in [-0.2, -0.15) is 0 Å². The first-order valence-corrected chi connectivity index (χ1v) is 8.40. The third-order valence-electron chi connectivity index (χ3n) is 3.56. The molecule has 0 saturated carbocycles. The van der Waals surface area contributed by atoms with Crippen LogP contribution in [0.3, 0.4) is 0 Å². The van der Waals surface area contributed by atoms with Gasteiger partial charge in [-0.05, 0) is 63.6 Å². The number of aryl methyl sites for hydroxylation is 2. The number of thioether (sulfide) groups is 1. The number of Topliss-reactive ketones (excluding diaryl/α,β-unsaturated/α-hetero) is 1. The maximum atomic E-state index is 12.3. The molecule has 0 fully saturated rings. The molecule has 0 aliphatic carbocycles. The predicted molar refractivity (Wildman–Crippen MR) is 96.3 cm³/mol. The standard InChI is InChI=1S/C19H21NO2S/c1-12-5-10-18(13(2)11-12)23-15(4)19(22)20-17-8-6-16(7-9-17)14(3)21/h5-11,15H,1-4H3,(H,20,22). The first-order chi connectivity index (χ1) is 10.9. The van der Waals surface area contributed by atoms with E-state index in [9.17, 15) is 9.59 Å². The van der Waals surface area contributed by atoms with Crippen LogP contribution >= 0.6 is 11.8 Å². The Balaban J connectivity index is 2.00. The van der Waals surface area contributed by atoms with E-state index in [2.05, 4.69) is 37.4 Å². The lowest BCUT2D eigenvalue weighted by Crippen LogP contribution is -2.22. The smallest absolute Gasteiger partial charge is 0.237 e. The first-order valence-electron chi connectivity index (χ1n) is 7.52. The van der Waals surface area contributed by atoms with Crippen LogP contribution in [-0.4, -0.2) is 16.9 Å². The molecular formula is C19H21NO2S. The summed E-state index contributed by atoms with van der Waals surface area (Å²) in [7, 11) is 0. The fraction of sp³-hybridized carbons (Fsp3) is 0.263. The number of carbonyl (C=O) groups excluding carboxylic acids is 2. The van der Waals surface area contributed by atoms with Gasteiger partial charge in [0.25, 0.3) is 0 Å². The first kappa shape index (κ1) is 17.3. The molecule has 2 aromatic rings. The summed E-state index contributed by atoms with van der Waals surface area (Å²) in [6.45, 7) is 7.53. The molecule has 2 aromatic carbocycles. The summed E-state index contributed by atoms with van der Waals surface area (Å²) in [5.41, 5.74) is 3.74. The van der Waals surface area contributed by atoms with E-state index in [1.807, 2.05) is 6.92 Å². The fourth-order valence-electron chi connectivity index (χ4n) is 2.21. The van der Waals surface area contributed by atoms with Gasteiger partial charge < -0.3 is 5.32 Å². The number of hydrogen-bond donors (Lipinski definition) is 1. The highest BCUT2D eigenvalue weighted by Gasteiger charge is 2.15. The molecule has 0 radical (unpaired) electrons. The Morgan fingerprint density at radius 3 is 2.26 bits per heavy atom. The Kier molecular flexibility index (Phi) is 5.61. The van der Waals surface area contributed by atoms with Crippen molar-refractivity contribution in [3.05, 3.63) is 59.2 Å². The zero-order chi connectivity index (χ0) is 17.0. The summed E-state index contributed by atoms with van der Waals surface area (Å²) >= 11 is 1.55. The van der Waals surface area contributed by atoms with Gasteiger partial charge in [-0.25, -0.2) is 0 Å². The van der Waals surface area contributed by atoms with Gasteiger partial charge in [0.05, 0.1) is 5.25 Å². The minimum Gasteiger partial charge on any atom is -0.325 e. The van der Waals surface area contributed by atoms with Crippen molar-refractivity contribution in [3.63, 3.8) is 0 Å². The third-order valence-corrected chi connectivity index (χ3v) is 4.84. The molecule has 0 aliphatic rings. The molecular weight excluding hydrogens is 306 g/mol. The molecule has 120 valence electrons. The highest BCUT2D eigenvalue weighted by atomic mass is 32.2. The molecule has 1 N–H and O–H groups in total. The van der Waals surface area contributed by atoms with E-state index in [4.69, 9.17) is 0 Å². The summed E-state index contributed by atoms with van der Waals surface area (Å²) in [4.78, 5) is 24.7. The van der Waals surface area contributed by atoms with Gasteiger partial charge in [0.2, 0.25) is 5.91 Å². The molecule has 3 nitrogen and oxygen atoms in total. The minimum absolute atomic E-state index is 0.0154. The summed E-state index contributed by atoms with van der Waals surface area (Å²) < 4.78 is 0. The largest absolute Gasteiger partial charge is 0.325 e. The van der Waals surface area contributed by atoms with Crippen LogP contribution in [0.4, 0.5) is 5.69 Å². The quantitative estimate of drug-likeness (QED) is 0.643. The van der Waals surface area contributed by atoms with E-state index in [1.165, 1.54) is 18.1 Å². The Hall–Kier alpha value is -2.07. The number of benzene rings is 2. The molecule has 2 rings (SSSR count). The van der Waals surface area contributed by atoms with E-state index < -0.39 is 0 Å². The number of anilines is 1. The van der Waals surface area contributed by atoms with Crippen LogP contribution in [0.1, 0.15) is 35.3 Å². The Bertz CT molecular complexity index is 723. The summed E-state index contributed by atoms with van der Waals surface area (Å²) in [6, 6.07) is 13.2. The zero-order valence-electron chi connectivity index (χ0n) is 13.8. The highest BCUT2D eigenvalue weighted by Crippen LogP contribution is 2.28. The molecule has 1 unspecified atom stereocenters. The number of nitrogens with one attached hydrogen (secondary N) is 1. The van der Waals surface area contributed by atoms with Crippen molar-refractivity contribution in [3.8, 4) is 0 Å². The van der Waals surface area contributed by atoms with Crippen molar-refractivity contribution >= 4 is 29.1 Å². The van der Waals surface area contributed by atoms with Crippen LogP contribution in [-0.2, 0) is 4.79 Å². The highest BCUT2D eigenvalue weighted by molar-refractivity contribution is 8.00. The van der Waals surface area contributed by atoms with Crippen molar-refractivity contribution in [2.24, 2.45) is 0 Å². The van der Waals surface area contributed by atoms with Crippen LogP contribution in [0.15, 0.2) is 47.4 Å².